The van der Waals surface area contributed by atoms with Crippen molar-refractivity contribution in [2.24, 2.45) is 0 Å². The normalized spacial score (nSPS) is 17.3. The Bertz CT molecular complexity index is 867. The maximum Gasteiger partial charge on any atom is 0.407 e. The van der Waals surface area contributed by atoms with E-state index in [4.69, 9.17) is 22.1 Å². The van der Waals surface area contributed by atoms with Gasteiger partial charge in [0.1, 0.15) is 16.4 Å². The van der Waals surface area contributed by atoms with E-state index in [1.165, 1.54) is 4.52 Å². The van der Waals surface area contributed by atoms with Gasteiger partial charge >= 0.3 is 6.09 Å². The lowest BCUT2D eigenvalue weighted by Gasteiger charge is -2.21. The van der Waals surface area contributed by atoms with Gasteiger partial charge in [-0.05, 0) is 43.1 Å². The standard InChI is InChI=1S/C17H25BrClN7O2/c1-17(2,3)28-16(27)22-6-5-21-10-4-7-25(9-10)15-12(19)13(20)26-14(24-15)11(18)8-23-26/h8,10,21H,4-7,9,20H2,1-3H3,(H,22,27)/t10-/m0/s1. The first kappa shape index (κ1) is 20.9. The summed E-state index contributed by atoms with van der Waals surface area (Å²) in [5, 5.41) is 10.7. The van der Waals surface area contributed by atoms with E-state index >= 15 is 0 Å². The number of hydrogen-bond acceptors (Lipinski definition) is 7. The van der Waals surface area contributed by atoms with Gasteiger partial charge in [0.15, 0.2) is 11.5 Å². The molecule has 1 aliphatic rings. The van der Waals surface area contributed by atoms with Crippen LogP contribution in [-0.4, -0.2) is 58.5 Å². The number of aromatic nitrogens is 3. The summed E-state index contributed by atoms with van der Waals surface area (Å²) in [4.78, 5) is 18.4. The quantitative estimate of drug-likeness (QED) is 0.571. The first-order chi connectivity index (χ1) is 13.2. The van der Waals surface area contributed by atoms with Crippen molar-refractivity contribution < 1.29 is 9.53 Å². The molecule has 28 heavy (non-hydrogen) atoms. The van der Waals surface area contributed by atoms with Crippen LogP contribution in [0.4, 0.5) is 16.4 Å². The Morgan fingerprint density at radius 2 is 2.21 bits per heavy atom. The molecule has 1 atom stereocenters. The number of carbonyl (C=O) groups excluding carboxylic acids is 1. The van der Waals surface area contributed by atoms with Gasteiger partial charge < -0.3 is 26.0 Å². The van der Waals surface area contributed by atoms with Gasteiger partial charge in [0, 0.05) is 32.2 Å². The van der Waals surface area contributed by atoms with Crippen molar-refractivity contribution in [3.63, 3.8) is 0 Å². The Hall–Kier alpha value is -1.78. The lowest BCUT2D eigenvalue weighted by atomic mass is 10.2. The molecule has 0 bridgehead atoms. The van der Waals surface area contributed by atoms with Crippen LogP contribution in [0.1, 0.15) is 27.2 Å². The predicted molar refractivity (Wildman–Crippen MR) is 113 cm³/mol. The van der Waals surface area contributed by atoms with Crippen LogP contribution in [0.5, 0.6) is 0 Å². The maximum absolute atomic E-state index is 11.7. The van der Waals surface area contributed by atoms with Crippen LogP contribution in [0, 0.1) is 0 Å². The van der Waals surface area contributed by atoms with E-state index < -0.39 is 11.7 Å². The van der Waals surface area contributed by atoms with E-state index in [1.807, 2.05) is 20.8 Å². The highest BCUT2D eigenvalue weighted by Crippen LogP contribution is 2.33. The number of anilines is 2. The Labute approximate surface area is 177 Å². The summed E-state index contributed by atoms with van der Waals surface area (Å²) in [6.45, 7) is 8.21. The van der Waals surface area contributed by atoms with E-state index in [9.17, 15) is 4.79 Å². The fraction of sp³-hybridized carbons (Fsp3) is 0.588. The van der Waals surface area contributed by atoms with Crippen molar-refractivity contribution in [2.75, 3.05) is 36.8 Å². The molecule has 11 heteroatoms. The highest BCUT2D eigenvalue weighted by molar-refractivity contribution is 9.10. The van der Waals surface area contributed by atoms with E-state index in [1.54, 1.807) is 6.20 Å². The van der Waals surface area contributed by atoms with Gasteiger partial charge in [-0.3, -0.25) is 0 Å². The summed E-state index contributed by atoms with van der Waals surface area (Å²) < 4.78 is 7.50. The fourth-order valence-electron chi connectivity index (χ4n) is 3.04. The monoisotopic (exact) mass is 473 g/mol. The first-order valence-electron chi connectivity index (χ1n) is 9.09. The Morgan fingerprint density at radius 1 is 1.46 bits per heavy atom. The molecule has 0 aromatic carbocycles. The number of ether oxygens (including phenoxy) is 1. The molecule has 154 valence electrons. The van der Waals surface area contributed by atoms with Crippen LogP contribution in [0.3, 0.4) is 0 Å². The van der Waals surface area contributed by atoms with E-state index in [-0.39, 0.29) is 6.04 Å². The maximum atomic E-state index is 11.7. The third-order valence-corrected chi connectivity index (χ3v) is 5.20. The molecular formula is C17H25BrClN7O2. The van der Waals surface area contributed by atoms with E-state index in [0.29, 0.717) is 35.4 Å². The minimum atomic E-state index is -0.497. The zero-order valence-electron chi connectivity index (χ0n) is 16.1. The Balaban J connectivity index is 1.53. The van der Waals surface area contributed by atoms with Crippen molar-refractivity contribution in [3.05, 3.63) is 15.7 Å². The molecule has 2 aromatic rings. The number of amides is 1. The van der Waals surface area contributed by atoms with Crippen LogP contribution in [0.15, 0.2) is 10.7 Å². The highest BCUT2D eigenvalue weighted by Gasteiger charge is 2.27. The number of rotatable bonds is 5. The number of halogens is 2. The zero-order valence-corrected chi connectivity index (χ0v) is 18.5. The van der Waals surface area contributed by atoms with Crippen molar-refractivity contribution in [1.29, 1.82) is 0 Å². The molecular weight excluding hydrogens is 450 g/mol. The first-order valence-corrected chi connectivity index (χ1v) is 10.3. The number of alkyl carbamates (subject to hydrolysis) is 1. The number of nitrogen functional groups attached to an aromatic ring is 1. The number of hydrogen-bond donors (Lipinski definition) is 3. The SMILES string of the molecule is CC(C)(C)OC(=O)NCCN[C@H]1CCN(c2nc3c(Br)cnn3c(N)c2Cl)C1. The number of fused-ring (bicyclic) bond motifs is 1. The second-order valence-electron chi connectivity index (χ2n) is 7.68. The largest absolute Gasteiger partial charge is 0.444 e. The summed E-state index contributed by atoms with van der Waals surface area (Å²) in [7, 11) is 0. The minimum absolute atomic E-state index is 0.268. The number of nitrogens with one attached hydrogen (secondary N) is 2. The molecule has 0 unspecified atom stereocenters. The summed E-state index contributed by atoms with van der Waals surface area (Å²) >= 11 is 9.87. The van der Waals surface area contributed by atoms with Gasteiger partial charge in [-0.15, -0.1) is 0 Å². The number of carbonyl (C=O) groups is 1. The molecule has 1 aliphatic heterocycles. The fourth-order valence-corrected chi connectivity index (χ4v) is 3.63. The van der Waals surface area contributed by atoms with Crippen molar-refractivity contribution in [3.8, 4) is 0 Å². The zero-order chi connectivity index (χ0) is 20.5. The second-order valence-corrected chi connectivity index (χ2v) is 8.91. The molecule has 1 amide bonds. The summed E-state index contributed by atoms with van der Waals surface area (Å²) in [5.41, 5.74) is 6.26. The molecule has 3 rings (SSSR count). The molecule has 0 saturated carbocycles. The lowest BCUT2D eigenvalue weighted by molar-refractivity contribution is 0.0528. The van der Waals surface area contributed by atoms with Crippen LogP contribution in [0.25, 0.3) is 5.65 Å². The van der Waals surface area contributed by atoms with E-state index in [2.05, 4.69) is 41.5 Å². The number of nitrogens with two attached hydrogens (primary N) is 1. The van der Waals surface area contributed by atoms with Crippen LogP contribution in [0.2, 0.25) is 5.02 Å². The van der Waals surface area contributed by atoms with E-state index in [0.717, 1.165) is 24.0 Å². The molecule has 0 spiro atoms. The average Bonchev–Trinajstić information content (AvgIpc) is 3.20. The molecule has 1 saturated heterocycles. The summed E-state index contributed by atoms with van der Waals surface area (Å²) in [5.74, 6) is 1.02. The minimum Gasteiger partial charge on any atom is -0.444 e. The molecule has 1 fully saturated rings. The smallest absolute Gasteiger partial charge is 0.407 e. The Kier molecular flexibility index (Phi) is 6.21. The predicted octanol–water partition coefficient (Wildman–Crippen LogP) is 2.42. The second kappa shape index (κ2) is 8.30. The Morgan fingerprint density at radius 3 is 2.93 bits per heavy atom. The third-order valence-electron chi connectivity index (χ3n) is 4.28. The average molecular weight is 475 g/mol. The molecule has 9 nitrogen and oxygen atoms in total. The van der Waals surface area contributed by atoms with Crippen molar-refractivity contribution in [2.45, 2.75) is 38.8 Å². The molecule has 2 aromatic heterocycles. The van der Waals surface area contributed by atoms with Gasteiger partial charge in [-0.25, -0.2) is 9.78 Å². The van der Waals surface area contributed by atoms with Gasteiger partial charge in [-0.2, -0.15) is 9.61 Å². The van der Waals surface area contributed by atoms with Crippen LogP contribution in [-0.2, 0) is 4.74 Å². The van der Waals surface area contributed by atoms with Crippen molar-refractivity contribution in [1.82, 2.24) is 25.2 Å². The van der Waals surface area contributed by atoms with Crippen LogP contribution < -0.4 is 21.3 Å². The van der Waals surface area contributed by atoms with Gasteiger partial charge in [0.2, 0.25) is 0 Å². The molecule has 4 N–H and O–H groups in total. The summed E-state index contributed by atoms with van der Waals surface area (Å²) in [6.07, 6.45) is 2.18. The third kappa shape index (κ3) is 4.79. The molecule has 0 aliphatic carbocycles. The van der Waals surface area contributed by atoms with Crippen molar-refractivity contribution >= 4 is 50.9 Å². The number of nitrogens with zero attached hydrogens (tertiary/aromatic N) is 4. The van der Waals surface area contributed by atoms with Gasteiger partial charge in [0.05, 0.1) is 10.7 Å². The van der Waals surface area contributed by atoms with Gasteiger partial charge in [0.25, 0.3) is 0 Å². The molecule has 0 radical (unpaired) electrons. The molecule has 3 heterocycles. The lowest BCUT2D eigenvalue weighted by Crippen LogP contribution is -2.40. The van der Waals surface area contributed by atoms with Gasteiger partial charge in [-0.1, -0.05) is 11.6 Å². The topological polar surface area (TPSA) is 110 Å². The van der Waals surface area contributed by atoms with Crippen LogP contribution >= 0.6 is 27.5 Å². The highest BCUT2D eigenvalue weighted by atomic mass is 79.9. The summed E-state index contributed by atoms with van der Waals surface area (Å²) in [6, 6.07) is 0.268.